The predicted octanol–water partition coefficient (Wildman–Crippen LogP) is 11.6. The summed E-state index contributed by atoms with van der Waals surface area (Å²) in [5, 5.41) is 7.39. The highest BCUT2D eigenvalue weighted by Gasteiger charge is 2.51. The molecule has 1 aliphatic carbocycles. The third-order valence-corrected chi connectivity index (χ3v) is 10.6. The number of hydrogen-bond donors (Lipinski definition) is 0. The predicted molar refractivity (Wildman–Crippen MR) is 193 cm³/mol. The molecule has 2 nitrogen and oxygen atoms in total. The molecule has 0 bridgehead atoms. The van der Waals surface area contributed by atoms with Crippen LogP contribution in [-0.2, 0) is 5.41 Å². The first-order valence-electron chi connectivity index (χ1n) is 16.3. The molecule has 0 amide bonds. The van der Waals surface area contributed by atoms with Crippen molar-refractivity contribution >= 4 is 43.4 Å². The maximum absolute atomic E-state index is 6.93. The van der Waals surface area contributed by atoms with E-state index < -0.39 is 5.41 Å². The van der Waals surface area contributed by atoms with Crippen molar-refractivity contribution in [2.24, 2.45) is 0 Å². The van der Waals surface area contributed by atoms with Gasteiger partial charge >= 0.3 is 0 Å². The molecule has 0 N–H and O–H groups in total. The van der Waals surface area contributed by atoms with E-state index in [1.54, 1.807) is 0 Å². The first kappa shape index (κ1) is 25.1. The van der Waals surface area contributed by atoms with Crippen LogP contribution in [0.5, 0.6) is 11.5 Å². The molecular weight excluding hydrogens is 571 g/mol. The summed E-state index contributed by atoms with van der Waals surface area (Å²) in [6.45, 7) is 0. The van der Waals surface area contributed by atoms with Gasteiger partial charge in [-0.2, -0.15) is 0 Å². The quantitative estimate of drug-likeness (QED) is 0.184. The minimum Gasteiger partial charge on any atom is -0.457 e. The highest BCUT2D eigenvalue weighted by Crippen LogP contribution is 2.62. The number of nitrogens with zero attached hydrogens (tertiary/aromatic N) is 1. The first-order valence-corrected chi connectivity index (χ1v) is 16.3. The lowest BCUT2D eigenvalue weighted by atomic mass is 9.66. The number of ether oxygens (including phenoxy) is 1. The minimum atomic E-state index is -0.500. The molecule has 8 aromatic carbocycles. The van der Waals surface area contributed by atoms with Crippen molar-refractivity contribution in [1.29, 1.82) is 0 Å². The lowest BCUT2D eigenvalue weighted by Gasteiger charge is -2.39. The maximum atomic E-state index is 6.93. The second-order valence-electron chi connectivity index (χ2n) is 12.9. The number of aromatic nitrogens is 1. The molecule has 0 fully saturated rings. The van der Waals surface area contributed by atoms with Gasteiger partial charge in [-0.05, 0) is 62.7 Å². The highest BCUT2D eigenvalue weighted by atomic mass is 16.5. The molecule has 2 heteroatoms. The van der Waals surface area contributed by atoms with Gasteiger partial charge in [0.05, 0.1) is 16.4 Å². The van der Waals surface area contributed by atoms with E-state index in [0.717, 1.165) is 22.7 Å². The van der Waals surface area contributed by atoms with E-state index in [1.165, 1.54) is 71.2 Å². The topological polar surface area (TPSA) is 14.2 Å². The Labute approximate surface area is 271 Å². The van der Waals surface area contributed by atoms with Crippen molar-refractivity contribution in [3.05, 3.63) is 186 Å². The van der Waals surface area contributed by atoms with E-state index in [-0.39, 0.29) is 0 Å². The third kappa shape index (κ3) is 3.15. The molecule has 0 atom stereocenters. The Balaban J connectivity index is 1.32. The average molecular weight is 598 g/mol. The van der Waals surface area contributed by atoms with Crippen molar-refractivity contribution < 1.29 is 4.74 Å². The molecule has 2 aliphatic rings. The Morgan fingerprint density at radius 1 is 0.404 bits per heavy atom. The molecular formula is C45H27NO. The van der Waals surface area contributed by atoms with Crippen molar-refractivity contribution in [3.63, 3.8) is 0 Å². The van der Waals surface area contributed by atoms with Crippen LogP contribution in [0.2, 0.25) is 0 Å². The Morgan fingerprint density at radius 3 is 1.85 bits per heavy atom. The second-order valence-corrected chi connectivity index (χ2v) is 12.9. The summed E-state index contributed by atoms with van der Waals surface area (Å²) >= 11 is 0. The molecule has 218 valence electrons. The number of rotatable bonds is 1. The molecule has 1 spiro atoms. The summed E-state index contributed by atoms with van der Waals surface area (Å²) in [5.74, 6) is 1.81. The fourth-order valence-electron chi connectivity index (χ4n) is 8.71. The molecule has 1 aromatic heterocycles. The van der Waals surface area contributed by atoms with Crippen LogP contribution in [0.4, 0.5) is 0 Å². The van der Waals surface area contributed by atoms with Gasteiger partial charge < -0.3 is 9.30 Å². The Bertz CT molecular complexity index is 2740. The van der Waals surface area contributed by atoms with Gasteiger partial charge in [0.15, 0.2) is 0 Å². The number of fused-ring (bicyclic) bond motifs is 15. The van der Waals surface area contributed by atoms with Gasteiger partial charge in [-0.1, -0.05) is 133 Å². The minimum absolute atomic E-state index is 0.500. The van der Waals surface area contributed by atoms with Gasteiger partial charge in [-0.25, -0.2) is 0 Å². The maximum Gasteiger partial charge on any atom is 0.134 e. The molecule has 47 heavy (non-hydrogen) atoms. The zero-order valence-electron chi connectivity index (χ0n) is 25.4. The van der Waals surface area contributed by atoms with Crippen LogP contribution in [0.3, 0.4) is 0 Å². The lowest BCUT2D eigenvalue weighted by Crippen LogP contribution is -2.32. The number of hydrogen-bond acceptors (Lipinski definition) is 1. The normalized spacial score (nSPS) is 13.9. The van der Waals surface area contributed by atoms with Crippen LogP contribution < -0.4 is 4.74 Å². The van der Waals surface area contributed by atoms with Gasteiger partial charge in [0, 0.05) is 39.0 Å². The zero-order chi connectivity index (χ0) is 30.7. The number of benzene rings is 8. The lowest BCUT2D eigenvalue weighted by molar-refractivity contribution is 0.437. The zero-order valence-corrected chi connectivity index (χ0v) is 25.4. The molecule has 2 heterocycles. The standard InChI is InChI=1S/C45H27NO/c1-2-13-30-25-31(23-21-28(30)11-1)46-41-27-43-40(26-36(41)35-24-22-29-12-3-4-14-32(29)44(35)46)45(39-19-9-10-20-42(39)47-43)37-17-7-5-15-33(37)34-16-6-8-18-38(34)45/h1-27H. The van der Waals surface area contributed by atoms with Crippen molar-refractivity contribution in [3.8, 4) is 28.3 Å². The van der Waals surface area contributed by atoms with Crippen LogP contribution in [0.1, 0.15) is 22.3 Å². The monoisotopic (exact) mass is 597 g/mol. The van der Waals surface area contributed by atoms with Gasteiger partial charge in [0.1, 0.15) is 11.5 Å². The fourth-order valence-corrected chi connectivity index (χ4v) is 8.71. The average Bonchev–Trinajstić information content (AvgIpc) is 3.61. The molecule has 0 saturated heterocycles. The Morgan fingerprint density at radius 2 is 1.04 bits per heavy atom. The van der Waals surface area contributed by atoms with E-state index in [0.29, 0.717) is 0 Å². The van der Waals surface area contributed by atoms with Crippen LogP contribution in [-0.4, -0.2) is 4.57 Å². The fraction of sp³-hybridized carbons (Fsp3) is 0.0222. The van der Waals surface area contributed by atoms with Gasteiger partial charge in [-0.3, -0.25) is 0 Å². The summed E-state index contributed by atoms with van der Waals surface area (Å²) in [6, 6.07) is 59.9. The van der Waals surface area contributed by atoms with Crippen LogP contribution in [0.15, 0.2) is 164 Å². The van der Waals surface area contributed by atoms with Crippen LogP contribution in [0, 0.1) is 0 Å². The van der Waals surface area contributed by atoms with Gasteiger partial charge in [0.25, 0.3) is 0 Å². The van der Waals surface area contributed by atoms with E-state index in [1.807, 2.05) is 0 Å². The summed E-state index contributed by atoms with van der Waals surface area (Å²) in [5.41, 5.74) is 10.6. The third-order valence-electron chi connectivity index (χ3n) is 10.6. The first-order chi connectivity index (χ1) is 23.3. The van der Waals surface area contributed by atoms with E-state index >= 15 is 0 Å². The highest BCUT2D eigenvalue weighted by molar-refractivity contribution is 6.19. The second kappa shape index (κ2) is 8.99. The van der Waals surface area contributed by atoms with Crippen LogP contribution in [0.25, 0.3) is 60.2 Å². The van der Waals surface area contributed by atoms with Gasteiger partial charge in [-0.15, -0.1) is 0 Å². The smallest absolute Gasteiger partial charge is 0.134 e. The molecule has 9 aromatic rings. The molecule has 0 saturated carbocycles. The Kier molecular flexibility index (Phi) is 4.80. The van der Waals surface area contributed by atoms with Gasteiger partial charge in [0.2, 0.25) is 0 Å². The summed E-state index contributed by atoms with van der Waals surface area (Å²) in [6.07, 6.45) is 0. The van der Waals surface area contributed by atoms with E-state index in [2.05, 4.69) is 168 Å². The molecule has 1 aliphatic heterocycles. The summed E-state index contributed by atoms with van der Waals surface area (Å²) < 4.78 is 9.38. The van der Waals surface area contributed by atoms with E-state index in [4.69, 9.17) is 4.74 Å². The molecule has 11 rings (SSSR count). The largest absolute Gasteiger partial charge is 0.457 e. The molecule has 0 radical (unpaired) electrons. The van der Waals surface area contributed by atoms with Crippen molar-refractivity contribution in [2.75, 3.05) is 0 Å². The van der Waals surface area contributed by atoms with Crippen molar-refractivity contribution in [2.45, 2.75) is 5.41 Å². The SMILES string of the molecule is c1ccc2c(c1)Oc1cc3c(cc1C21c2ccccc2-c2ccccc21)c1ccc2ccccc2c1n3-c1ccc2ccccc2c1. The van der Waals surface area contributed by atoms with Crippen LogP contribution >= 0.6 is 0 Å². The summed E-state index contributed by atoms with van der Waals surface area (Å²) in [4.78, 5) is 0. The molecule has 0 unspecified atom stereocenters. The Hall–Kier alpha value is -6.12. The van der Waals surface area contributed by atoms with Crippen molar-refractivity contribution in [1.82, 2.24) is 4.57 Å². The van der Waals surface area contributed by atoms with E-state index in [9.17, 15) is 0 Å². The number of para-hydroxylation sites is 1. The summed E-state index contributed by atoms with van der Waals surface area (Å²) in [7, 11) is 0.